The maximum absolute atomic E-state index is 13.7. The summed E-state index contributed by atoms with van der Waals surface area (Å²) in [6, 6.07) is 12.5. The van der Waals surface area contributed by atoms with Crippen LogP contribution in [0.1, 0.15) is 222 Å². The second-order valence-electron chi connectivity index (χ2n) is 31.5. The molecule has 8 unspecified atom stereocenters. The van der Waals surface area contributed by atoms with Gasteiger partial charge in [-0.3, -0.25) is 4.79 Å². The second-order valence-corrected chi connectivity index (χ2v) is 31.5. The van der Waals surface area contributed by atoms with Crippen molar-refractivity contribution >= 4 is 63.7 Å². The van der Waals surface area contributed by atoms with Crippen molar-refractivity contribution in [1.29, 1.82) is 0 Å². The van der Waals surface area contributed by atoms with Crippen LogP contribution < -0.4 is 5.32 Å². The van der Waals surface area contributed by atoms with E-state index in [0.29, 0.717) is 72.1 Å². The number of nitrogens with one attached hydrogen (secondary N) is 1. The van der Waals surface area contributed by atoms with Crippen LogP contribution in [0.2, 0.25) is 0 Å². The summed E-state index contributed by atoms with van der Waals surface area (Å²) in [6.07, 6.45) is 30.7. The van der Waals surface area contributed by atoms with E-state index in [4.69, 9.17) is 18.9 Å². The van der Waals surface area contributed by atoms with Crippen LogP contribution >= 0.6 is 0 Å². The molecule has 11 nitrogen and oxygen atoms in total. The van der Waals surface area contributed by atoms with Crippen LogP contribution in [-0.4, -0.2) is 65.8 Å². The molecule has 0 radical (unpaired) electrons. The molecule has 0 saturated heterocycles. The molecule has 8 aliphatic carbocycles. The average molecular weight is 1180 g/mol. The Bertz CT molecular complexity index is 3070. The topological polar surface area (TPSA) is 139 Å². The molecule has 86 heavy (non-hydrogen) atoms. The number of amides is 1. The van der Waals surface area contributed by atoms with Crippen molar-refractivity contribution in [3.05, 3.63) is 59.7 Å². The number of aromatic nitrogens is 1. The predicted molar refractivity (Wildman–Crippen MR) is 341 cm³/mol. The predicted octanol–water partition coefficient (Wildman–Crippen LogP) is 17.1. The van der Waals surface area contributed by atoms with Gasteiger partial charge in [-0.1, -0.05) is 65.8 Å². The van der Waals surface area contributed by atoms with E-state index < -0.39 is 11.7 Å². The maximum atomic E-state index is 13.7. The van der Waals surface area contributed by atoms with Gasteiger partial charge in [0.2, 0.25) is 0 Å². The Morgan fingerprint density at radius 1 is 0.605 bits per heavy atom. The van der Waals surface area contributed by atoms with E-state index in [9.17, 15) is 24.0 Å². The fraction of sp³-hybridized carbons (Fsp3) is 0.720. The normalized spacial score (nSPS) is 36.5. The largest absolute Gasteiger partial charge is 0.469 e. The van der Waals surface area contributed by atoms with E-state index in [2.05, 4.69) is 75.7 Å². The lowest BCUT2D eigenvalue weighted by atomic mass is 9.44. The molecule has 1 amide bonds. The van der Waals surface area contributed by atoms with Crippen molar-refractivity contribution in [2.45, 2.75) is 235 Å². The Morgan fingerprint density at radius 2 is 1.06 bits per heavy atom. The van der Waals surface area contributed by atoms with E-state index in [1.807, 2.05) is 45.1 Å². The molecule has 8 saturated carbocycles. The van der Waals surface area contributed by atoms with Gasteiger partial charge in [-0.25, -0.2) is 14.4 Å². The molecule has 470 valence electrons. The second kappa shape index (κ2) is 24.8. The number of nitrogens with zero attached hydrogens (tertiary/aromatic N) is 1. The van der Waals surface area contributed by atoms with E-state index in [0.717, 1.165) is 126 Å². The fourth-order valence-corrected chi connectivity index (χ4v) is 21.8. The number of fused-ring (bicyclic) bond motifs is 13. The van der Waals surface area contributed by atoms with Gasteiger partial charge in [0.05, 0.1) is 7.11 Å². The van der Waals surface area contributed by atoms with Crippen molar-refractivity contribution in [2.75, 3.05) is 13.7 Å². The van der Waals surface area contributed by atoms with E-state index in [1.54, 1.807) is 19.1 Å². The van der Waals surface area contributed by atoms with Gasteiger partial charge in [0, 0.05) is 59.9 Å². The van der Waals surface area contributed by atoms with Gasteiger partial charge in [-0.2, -0.15) is 0 Å². The SMILES string of the molecule is COC(=O)CC[C@@H](C)C1CC[C@H]2[C@@H]3CC[C@@H]4C[C@H](OC(=O)C=Cc5ccc6c7ccc(C=CC(=O)O[C@@H]8CCC9(C)C%10CCC%11(C)C([C@H](C)CCC(C)=O)CC[C@H]%11[C@@H]%10CC[C@@H]9C8)cc7n(CCNC(=O)OC(C)(C)C)c6c5)CCC4(C)C3CCC12C. The van der Waals surface area contributed by atoms with E-state index in [1.165, 1.54) is 84.2 Å². The zero-order valence-electron chi connectivity index (χ0n) is 54.4. The zero-order valence-corrected chi connectivity index (χ0v) is 54.4. The number of rotatable bonds is 17. The molecule has 8 aliphatic rings. The number of benzene rings is 2. The molecular weight excluding hydrogens is 1070 g/mol. The van der Waals surface area contributed by atoms with Crippen molar-refractivity contribution in [2.24, 2.45) is 92.7 Å². The summed E-state index contributed by atoms with van der Waals surface area (Å²) in [7, 11) is 1.50. The monoisotopic (exact) mass is 1180 g/mol. The first kappa shape index (κ1) is 62.7. The molecule has 2 aromatic carbocycles. The van der Waals surface area contributed by atoms with Crippen molar-refractivity contribution < 1.29 is 42.9 Å². The van der Waals surface area contributed by atoms with Crippen molar-refractivity contribution in [3.63, 3.8) is 0 Å². The summed E-state index contributed by atoms with van der Waals surface area (Å²) < 4.78 is 25.4. The van der Waals surface area contributed by atoms with Crippen LogP contribution in [0.25, 0.3) is 34.0 Å². The molecule has 1 N–H and O–H groups in total. The molecule has 0 bridgehead atoms. The number of hydrogen-bond donors (Lipinski definition) is 1. The summed E-state index contributed by atoms with van der Waals surface area (Å²) in [4.78, 5) is 64.2. The summed E-state index contributed by atoms with van der Waals surface area (Å²) in [6.45, 7) is 23.2. The van der Waals surface area contributed by atoms with Gasteiger partial charge in [0.1, 0.15) is 23.6 Å². The number of carbonyl (C=O) groups is 5. The van der Waals surface area contributed by atoms with Crippen LogP contribution in [0.15, 0.2) is 48.6 Å². The fourth-order valence-electron chi connectivity index (χ4n) is 21.8. The number of esters is 3. The highest BCUT2D eigenvalue weighted by Crippen LogP contribution is 2.70. The number of ether oxygens (including phenoxy) is 4. The smallest absolute Gasteiger partial charge is 0.407 e. The summed E-state index contributed by atoms with van der Waals surface area (Å²) in [5.41, 5.74) is 4.35. The standard InChI is InChI=1S/C75H106N2O9/c1-46(12-14-48(3)78)59-25-27-61-57-23-19-51-44-53(32-36-72(51,7)63(57)34-38-74(59,61)9)84-68(80)30-17-49-15-21-55-56-22-16-50(43-66(56)77(65(55)42-49)41-40-76-70(82)86-71(4,5)6)18-31-69(81)85-54-33-37-73(8)52(45-54)20-24-58-62-28-26-60(47(2)13-29-67(79)83-11)75(62,10)39-35-64(58)73/h15-18,21-22,30-31,42-43,46-47,51-54,57-64H,12-14,19-20,23-29,32-41,44-45H2,1-11H3,(H,76,82)/t46-,47-,51-,52-,53-,54-,57+,58+,59?,60?,61+,62+,63?,64?,72?,73?,74?,75?/m1/s1. The lowest BCUT2D eigenvalue weighted by Gasteiger charge is -2.61. The Kier molecular flexibility index (Phi) is 18.1. The number of methoxy groups -OCH3 is 1. The number of alkyl carbamates (subject to hydrolysis) is 1. The molecule has 3 aromatic rings. The Labute approximate surface area is 515 Å². The molecule has 8 fully saturated rings. The summed E-state index contributed by atoms with van der Waals surface area (Å²) >= 11 is 0. The van der Waals surface area contributed by atoms with Gasteiger partial charge in [0.15, 0.2) is 0 Å². The van der Waals surface area contributed by atoms with Crippen molar-refractivity contribution in [3.8, 4) is 0 Å². The van der Waals surface area contributed by atoms with Gasteiger partial charge >= 0.3 is 24.0 Å². The molecule has 1 heterocycles. The minimum Gasteiger partial charge on any atom is -0.469 e. The van der Waals surface area contributed by atoms with E-state index >= 15 is 0 Å². The third kappa shape index (κ3) is 12.3. The Hall–Kier alpha value is -4.93. The molecule has 1 aromatic heterocycles. The van der Waals surface area contributed by atoms with Crippen LogP contribution in [-0.2, 0) is 44.7 Å². The third-order valence-electron chi connectivity index (χ3n) is 26.0. The van der Waals surface area contributed by atoms with Crippen LogP contribution in [0, 0.1) is 92.7 Å². The van der Waals surface area contributed by atoms with Gasteiger partial charge in [-0.15, -0.1) is 0 Å². The molecule has 0 aliphatic heterocycles. The Morgan fingerprint density at radius 3 is 1.51 bits per heavy atom. The zero-order chi connectivity index (χ0) is 61.1. The molecule has 18 atom stereocenters. The van der Waals surface area contributed by atoms with Gasteiger partial charge in [0.25, 0.3) is 0 Å². The maximum Gasteiger partial charge on any atom is 0.407 e. The summed E-state index contributed by atoms with van der Waals surface area (Å²) in [5, 5.41) is 5.06. The molecule has 11 rings (SSSR count). The van der Waals surface area contributed by atoms with E-state index in [-0.39, 0.29) is 40.9 Å². The molecule has 11 heteroatoms. The van der Waals surface area contributed by atoms with Crippen LogP contribution in [0.3, 0.4) is 0 Å². The number of carbonyl (C=O) groups excluding carboxylic acids is 5. The number of Topliss-reactive ketones (excluding diaryl/α,β-unsaturated/α-hetero) is 1. The van der Waals surface area contributed by atoms with Gasteiger partial charge < -0.3 is 33.6 Å². The first-order chi connectivity index (χ1) is 40.9. The first-order valence-corrected chi connectivity index (χ1v) is 34.3. The minimum absolute atomic E-state index is 0.0761. The van der Waals surface area contributed by atoms with Gasteiger partial charge in [-0.05, 0) is 284 Å². The number of ketones is 1. The first-order valence-electron chi connectivity index (χ1n) is 34.3. The average Bonchev–Trinajstić information content (AvgIpc) is 1.35. The third-order valence-corrected chi connectivity index (χ3v) is 26.0. The highest BCUT2D eigenvalue weighted by molar-refractivity contribution is 6.09. The van der Waals surface area contributed by atoms with Crippen molar-refractivity contribution in [1.82, 2.24) is 9.88 Å². The lowest BCUT2D eigenvalue weighted by molar-refractivity contribution is -0.158. The Balaban J connectivity index is 0.718. The molecule has 0 spiro atoms. The highest BCUT2D eigenvalue weighted by Gasteiger charge is 2.63. The number of hydrogen-bond acceptors (Lipinski definition) is 9. The van der Waals surface area contributed by atoms with Crippen LogP contribution in [0.4, 0.5) is 4.79 Å². The lowest BCUT2D eigenvalue weighted by Crippen LogP contribution is -2.54. The molecular formula is C75H106N2O9. The summed E-state index contributed by atoms with van der Waals surface area (Å²) in [5.74, 6) is 7.79. The quantitative estimate of drug-likeness (QED) is 0.0795. The minimum atomic E-state index is -0.626. The van der Waals surface area contributed by atoms with Crippen LogP contribution in [0.5, 0.6) is 0 Å². The highest BCUT2D eigenvalue weighted by atomic mass is 16.6.